The standard InChI is InChI=1S/C27H30N2O5/c1-16(2)11-14-23(26(31)32)28-25(30)24(17-12-13-17)29-27(33)34-15-22-20-9-5-3-7-18(20)19-8-4-6-10-21(19)22/h3-11,17,22-24H,12-15H2,1-2H3,(H,28,30)(H,29,33)(H,31,32). The fourth-order valence-corrected chi connectivity index (χ4v) is 4.43. The zero-order chi connectivity index (χ0) is 24.2. The summed E-state index contributed by atoms with van der Waals surface area (Å²) in [5.74, 6) is -1.70. The monoisotopic (exact) mass is 462 g/mol. The van der Waals surface area contributed by atoms with E-state index in [0.717, 1.165) is 40.7 Å². The maximum atomic E-state index is 12.8. The lowest BCUT2D eigenvalue weighted by Crippen LogP contribution is -2.52. The third-order valence-electron chi connectivity index (χ3n) is 6.37. The highest BCUT2D eigenvalue weighted by Crippen LogP contribution is 2.44. The first-order valence-corrected chi connectivity index (χ1v) is 11.6. The fraction of sp³-hybridized carbons (Fsp3) is 0.370. The van der Waals surface area contributed by atoms with Crippen molar-refractivity contribution in [2.45, 2.75) is 51.1 Å². The number of fused-ring (bicyclic) bond motifs is 3. The lowest BCUT2D eigenvalue weighted by molar-refractivity contribution is -0.142. The number of carboxylic acid groups (broad SMARTS) is 1. The Kier molecular flexibility index (Phi) is 7.01. The zero-order valence-electron chi connectivity index (χ0n) is 19.4. The molecule has 178 valence electrons. The number of carbonyl (C=O) groups excluding carboxylic acids is 2. The van der Waals surface area contributed by atoms with Crippen molar-refractivity contribution < 1.29 is 24.2 Å². The number of hydrogen-bond acceptors (Lipinski definition) is 4. The predicted molar refractivity (Wildman–Crippen MR) is 128 cm³/mol. The molecule has 3 N–H and O–H groups in total. The van der Waals surface area contributed by atoms with Crippen LogP contribution in [0.5, 0.6) is 0 Å². The van der Waals surface area contributed by atoms with Crippen molar-refractivity contribution in [2.75, 3.05) is 6.61 Å². The second-order valence-electron chi connectivity index (χ2n) is 9.20. The van der Waals surface area contributed by atoms with E-state index in [1.165, 1.54) is 0 Å². The summed E-state index contributed by atoms with van der Waals surface area (Å²) >= 11 is 0. The van der Waals surface area contributed by atoms with E-state index in [9.17, 15) is 19.5 Å². The molecule has 2 aliphatic rings. The van der Waals surface area contributed by atoms with E-state index in [-0.39, 0.29) is 24.9 Å². The van der Waals surface area contributed by atoms with Crippen LogP contribution in [0.3, 0.4) is 0 Å². The van der Waals surface area contributed by atoms with Gasteiger partial charge in [-0.05, 0) is 61.3 Å². The van der Waals surface area contributed by atoms with E-state index in [2.05, 4.69) is 22.8 Å². The van der Waals surface area contributed by atoms with Crippen molar-refractivity contribution in [2.24, 2.45) is 5.92 Å². The number of benzene rings is 2. The molecule has 7 nitrogen and oxygen atoms in total. The molecule has 0 bridgehead atoms. The molecule has 1 fully saturated rings. The van der Waals surface area contributed by atoms with Crippen molar-refractivity contribution in [3.8, 4) is 11.1 Å². The molecule has 0 aromatic heterocycles. The number of nitrogens with one attached hydrogen (secondary N) is 2. The number of aliphatic carboxylic acids is 1. The molecule has 0 heterocycles. The predicted octanol–water partition coefficient (Wildman–Crippen LogP) is 4.23. The number of carbonyl (C=O) groups is 3. The molecular formula is C27H30N2O5. The lowest BCUT2D eigenvalue weighted by atomic mass is 9.98. The Morgan fingerprint density at radius 1 is 1.00 bits per heavy atom. The maximum Gasteiger partial charge on any atom is 0.407 e. The number of alkyl carbamates (subject to hydrolysis) is 1. The van der Waals surface area contributed by atoms with E-state index in [1.807, 2.05) is 50.2 Å². The van der Waals surface area contributed by atoms with Crippen molar-refractivity contribution in [1.82, 2.24) is 10.6 Å². The summed E-state index contributed by atoms with van der Waals surface area (Å²) in [5, 5.41) is 14.7. The largest absolute Gasteiger partial charge is 0.480 e. The third-order valence-corrected chi connectivity index (χ3v) is 6.37. The van der Waals surface area contributed by atoms with Crippen LogP contribution in [0, 0.1) is 5.92 Å². The van der Waals surface area contributed by atoms with Crippen LogP contribution < -0.4 is 10.6 Å². The van der Waals surface area contributed by atoms with Gasteiger partial charge in [-0.25, -0.2) is 9.59 Å². The molecule has 0 saturated heterocycles. The summed E-state index contributed by atoms with van der Waals surface area (Å²) in [4.78, 5) is 37.1. The molecular weight excluding hydrogens is 432 g/mol. The molecule has 34 heavy (non-hydrogen) atoms. The molecule has 2 atom stereocenters. The number of hydrogen-bond donors (Lipinski definition) is 3. The second kappa shape index (κ2) is 10.1. The van der Waals surface area contributed by atoms with Gasteiger partial charge >= 0.3 is 12.1 Å². The Bertz CT molecular complexity index is 1070. The van der Waals surface area contributed by atoms with Gasteiger partial charge in [-0.1, -0.05) is 60.2 Å². The van der Waals surface area contributed by atoms with Crippen LogP contribution >= 0.6 is 0 Å². The molecule has 0 aliphatic heterocycles. The second-order valence-corrected chi connectivity index (χ2v) is 9.20. The van der Waals surface area contributed by atoms with Gasteiger partial charge < -0.3 is 20.5 Å². The summed E-state index contributed by atoms with van der Waals surface area (Å²) in [6.45, 7) is 3.88. The lowest BCUT2D eigenvalue weighted by Gasteiger charge is -2.21. The molecule has 2 aromatic carbocycles. The first kappa shape index (κ1) is 23.5. The zero-order valence-corrected chi connectivity index (χ0v) is 19.4. The van der Waals surface area contributed by atoms with Gasteiger partial charge in [0.15, 0.2) is 0 Å². The fourth-order valence-electron chi connectivity index (χ4n) is 4.43. The number of ether oxygens (including phenoxy) is 1. The minimum atomic E-state index is -1.11. The van der Waals surface area contributed by atoms with Gasteiger partial charge in [0.05, 0.1) is 0 Å². The Balaban J connectivity index is 1.39. The van der Waals surface area contributed by atoms with Crippen LogP contribution in [0.1, 0.15) is 50.2 Å². The van der Waals surface area contributed by atoms with Gasteiger partial charge in [-0.15, -0.1) is 0 Å². The van der Waals surface area contributed by atoms with Crippen molar-refractivity contribution in [3.63, 3.8) is 0 Å². The highest BCUT2D eigenvalue weighted by atomic mass is 16.5. The van der Waals surface area contributed by atoms with Crippen LogP contribution in [-0.2, 0) is 14.3 Å². The van der Waals surface area contributed by atoms with Crippen molar-refractivity contribution in [3.05, 3.63) is 71.3 Å². The molecule has 7 heteroatoms. The smallest absolute Gasteiger partial charge is 0.407 e. The van der Waals surface area contributed by atoms with E-state index in [1.54, 1.807) is 6.08 Å². The molecule has 2 aromatic rings. The van der Waals surface area contributed by atoms with E-state index < -0.39 is 30.1 Å². The van der Waals surface area contributed by atoms with Crippen LogP contribution in [-0.4, -0.2) is 41.8 Å². The van der Waals surface area contributed by atoms with Crippen molar-refractivity contribution in [1.29, 1.82) is 0 Å². The van der Waals surface area contributed by atoms with E-state index in [4.69, 9.17) is 4.74 Å². The average Bonchev–Trinajstić information content (AvgIpc) is 3.61. The summed E-state index contributed by atoms with van der Waals surface area (Å²) in [6.07, 6.45) is 2.88. The Morgan fingerprint density at radius 2 is 1.59 bits per heavy atom. The van der Waals surface area contributed by atoms with Crippen LogP contribution in [0.2, 0.25) is 0 Å². The van der Waals surface area contributed by atoms with Gasteiger partial charge in [-0.2, -0.15) is 0 Å². The highest BCUT2D eigenvalue weighted by molar-refractivity contribution is 5.90. The molecule has 0 radical (unpaired) electrons. The normalized spacial score (nSPS) is 15.9. The number of rotatable bonds is 9. The first-order valence-electron chi connectivity index (χ1n) is 11.6. The van der Waals surface area contributed by atoms with Gasteiger partial charge in [0, 0.05) is 5.92 Å². The Hall–Kier alpha value is -3.61. The van der Waals surface area contributed by atoms with E-state index in [0.29, 0.717) is 0 Å². The first-order chi connectivity index (χ1) is 16.3. The topological polar surface area (TPSA) is 105 Å². The van der Waals surface area contributed by atoms with Gasteiger partial charge in [-0.3, -0.25) is 4.79 Å². The van der Waals surface area contributed by atoms with Crippen molar-refractivity contribution >= 4 is 18.0 Å². The molecule has 2 amide bonds. The third kappa shape index (κ3) is 5.30. The Labute approximate surface area is 199 Å². The summed E-state index contributed by atoms with van der Waals surface area (Å²) in [7, 11) is 0. The molecule has 4 rings (SSSR count). The van der Waals surface area contributed by atoms with E-state index >= 15 is 0 Å². The molecule has 2 unspecified atom stereocenters. The van der Waals surface area contributed by atoms with Crippen LogP contribution in [0.15, 0.2) is 60.2 Å². The SMILES string of the molecule is CC(C)=CCC(NC(=O)C(NC(=O)OCC1c2ccccc2-c2ccccc21)C1CC1)C(=O)O. The molecule has 0 spiro atoms. The average molecular weight is 463 g/mol. The Morgan fingerprint density at radius 3 is 2.12 bits per heavy atom. The molecule has 1 saturated carbocycles. The minimum absolute atomic E-state index is 0.0154. The summed E-state index contributed by atoms with van der Waals surface area (Å²) in [6, 6.07) is 14.3. The minimum Gasteiger partial charge on any atom is -0.480 e. The van der Waals surface area contributed by atoms with Crippen LogP contribution in [0.25, 0.3) is 11.1 Å². The van der Waals surface area contributed by atoms with Gasteiger partial charge in [0.1, 0.15) is 18.7 Å². The van der Waals surface area contributed by atoms with Gasteiger partial charge in [0.25, 0.3) is 0 Å². The number of amides is 2. The van der Waals surface area contributed by atoms with Gasteiger partial charge in [0.2, 0.25) is 5.91 Å². The summed E-state index contributed by atoms with van der Waals surface area (Å²) in [5.41, 5.74) is 5.46. The highest BCUT2D eigenvalue weighted by Gasteiger charge is 2.39. The maximum absolute atomic E-state index is 12.8. The number of carboxylic acids is 1. The quantitative estimate of drug-likeness (QED) is 0.484. The molecule has 2 aliphatic carbocycles. The summed E-state index contributed by atoms with van der Waals surface area (Å²) < 4.78 is 5.57. The van der Waals surface area contributed by atoms with Crippen LogP contribution in [0.4, 0.5) is 4.79 Å². The number of allylic oxidation sites excluding steroid dienone is 1.